The second-order valence-corrected chi connectivity index (χ2v) is 4.76. The van der Waals surface area contributed by atoms with Crippen LogP contribution in [0.25, 0.3) is 0 Å². The number of rotatable bonds is 1. The van der Waals surface area contributed by atoms with Gasteiger partial charge in [0.05, 0.1) is 0 Å². The van der Waals surface area contributed by atoms with Crippen LogP contribution in [0.1, 0.15) is 44.1 Å². The maximum atomic E-state index is 13.1. The van der Waals surface area contributed by atoms with Crippen LogP contribution in [0.15, 0.2) is 12.1 Å². The van der Waals surface area contributed by atoms with E-state index in [1.54, 1.807) is 0 Å². The Balaban J connectivity index is 2.21. The fourth-order valence-electron chi connectivity index (χ4n) is 2.40. The smallest absolute Gasteiger partial charge is 0.194 e. The molecule has 3 heteroatoms. The summed E-state index contributed by atoms with van der Waals surface area (Å²) in [5.74, 6) is -2.65. The normalized spacial score (nSPS) is 25.8. The monoisotopic (exact) mass is 228 g/mol. The first-order chi connectivity index (χ1) is 7.58. The number of hydrogen-bond donors (Lipinski definition) is 0. The Morgan fingerprint density at radius 1 is 0.938 bits per heavy atom. The highest BCUT2D eigenvalue weighted by atomic mass is 19.2. The van der Waals surface area contributed by atoms with Crippen molar-refractivity contribution in [3.63, 3.8) is 0 Å². The highest BCUT2D eigenvalue weighted by molar-refractivity contribution is 5.23. The molecule has 1 aliphatic carbocycles. The van der Waals surface area contributed by atoms with Gasteiger partial charge in [-0.15, -0.1) is 0 Å². The zero-order valence-electron chi connectivity index (χ0n) is 9.27. The van der Waals surface area contributed by atoms with Gasteiger partial charge >= 0.3 is 0 Å². The predicted molar refractivity (Wildman–Crippen MR) is 56.7 cm³/mol. The van der Waals surface area contributed by atoms with Crippen molar-refractivity contribution in [1.82, 2.24) is 0 Å². The van der Waals surface area contributed by atoms with Crippen LogP contribution in [0.5, 0.6) is 0 Å². The van der Waals surface area contributed by atoms with Crippen LogP contribution in [0.4, 0.5) is 13.2 Å². The van der Waals surface area contributed by atoms with Gasteiger partial charge < -0.3 is 0 Å². The maximum absolute atomic E-state index is 13.1. The molecule has 1 saturated carbocycles. The van der Waals surface area contributed by atoms with E-state index in [4.69, 9.17) is 0 Å². The van der Waals surface area contributed by atoms with Crippen LogP contribution in [0.3, 0.4) is 0 Å². The molecule has 0 atom stereocenters. The van der Waals surface area contributed by atoms with E-state index in [1.807, 2.05) is 0 Å². The first kappa shape index (κ1) is 11.5. The topological polar surface area (TPSA) is 0 Å². The van der Waals surface area contributed by atoms with E-state index in [0.717, 1.165) is 37.8 Å². The first-order valence-electron chi connectivity index (χ1n) is 5.72. The average molecular weight is 228 g/mol. The first-order valence-corrected chi connectivity index (χ1v) is 5.72. The molecule has 0 aliphatic heterocycles. The quantitative estimate of drug-likeness (QED) is 0.625. The lowest BCUT2D eigenvalue weighted by molar-refractivity contribution is 0.345. The lowest BCUT2D eigenvalue weighted by Gasteiger charge is -2.26. The van der Waals surface area contributed by atoms with Crippen molar-refractivity contribution in [1.29, 1.82) is 0 Å². The van der Waals surface area contributed by atoms with Crippen molar-refractivity contribution in [2.24, 2.45) is 5.92 Å². The third-order valence-corrected chi connectivity index (χ3v) is 3.49. The Morgan fingerprint density at radius 2 is 1.44 bits per heavy atom. The van der Waals surface area contributed by atoms with Crippen LogP contribution < -0.4 is 0 Å². The van der Waals surface area contributed by atoms with E-state index in [-0.39, 0.29) is 5.92 Å². The Bertz CT molecular complexity index is 356. The largest absolute Gasteiger partial charge is 0.204 e. The Morgan fingerprint density at radius 3 is 1.94 bits per heavy atom. The molecular weight excluding hydrogens is 213 g/mol. The molecule has 0 aromatic heterocycles. The third-order valence-electron chi connectivity index (χ3n) is 3.49. The minimum absolute atomic E-state index is 0.181. The van der Waals surface area contributed by atoms with Crippen molar-refractivity contribution < 1.29 is 13.2 Å². The summed E-state index contributed by atoms with van der Waals surface area (Å²) in [6.45, 7) is 2.18. The van der Waals surface area contributed by atoms with Gasteiger partial charge in [0.25, 0.3) is 0 Å². The van der Waals surface area contributed by atoms with Crippen LogP contribution in [-0.4, -0.2) is 0 Å². The molecule has 0 nitrogen and oxygen atoms in total. The van der Waals surface area contributed by atoms with Gasteiger partial charge in [-0.25, -0.2) is 13.2 Å². The predicted octanol–water partition coefficient (Wildman–Crippen LogP) is 4.40. The maximum Gasteiger partial charge on any atom is 0.194 e. The van der Waals surface area contributed by atoms with Crippen molar-refractivity contribution in [3.8, 4) is 0 Å². The van der Waals surface area contributed by atoms with Gasteiger partial charge in [0.2, 0.25) is 0 Å². The van der Waals surface area contributed by atoms with Crippen molar-refractivity contribution in [3.05, 3.63) is 35.1 Å². The Hall–Kier alpha value is -0.990. The summed E-state index contributed by atoms with van der Waals surface area (Å²) in [5.41, 5.74) is 0.600. The van der Waals surface area contributed by atoms with E-state index in [9.17, 15) is 13.2 Å². The van der Waals surface area contributed by atoms with Gasteiger partial charge in [-0.05, 0) is 42.4 Å². The van der Waals surface area contributed by atoms with Crippen LogP contribution in [-0.2, 0) is 0 Å². The van der Waals surface area contributed by atoms with E-state index >= 15 is 0 Å². The fourth-order valence-corrected chi connectivity index (χ4v) is 2.40. The number of hydrogen-bond acceptors (Lipinski definition) is 0. The molecular formula is C13H15F3. The average Bonchev–Trinajstić information content (AvgIpc) is 2.26. The summed E-state index contributed by atoms with van der Waals surface area (Å²) in [4.78, 5) is 0. The molecule has 0 amide bonds. The van der Waals surface area contributed by atoms with Crippen molar-refractivity contribution in [2.45, 2.75) is 38.5 Å². The second kappa shape index (κ2) is 4.48. The highest BCUT2D eigenvalue weighted by Crippen LogP contribution is 2.36. The van der Waals surface area contributed by atoms with Crippen LogP contribution in [0, 0.1) is 23.4 Å². The summed E-state index contributed by atoms with van der Waals surface area (Å²) < 4.78 is 38.9. The van der Waals surface area contributed by atoms with Gasteiger partial charge in [-0.2, -0.15) is 0 Å². The summed E-state index contributed by atoms with van der Waals surface area (Å²) in [7, 11) is 0. The molecule has 0 bridgehead atoms. The number of halogens is 3. The molecule has 1 fully saturated rings. The van der Waals surface area contributed by atoms with Crippen molar-refractivity contribution in [2.75, 3.05) is 0 Å². The summed E-state index contributed by atoms with van der Waals surface area (Å²) in [6.07, 6.45) is 4.02. The zero-order chi connectivity index (χ0) is 11.7. The van der Waals surface area contributed by atoms with Crippen LogP contribution >= 0.6 is 0 Å². The summed E-state index contributed by atoms with van der Waals surface area (Å²) >= 11 is 0. The van der Waals surface area contributed by atoms with Gasteiger partial charge in [0.1, 0.15) is 0 Å². The van der Waals surface area contributed by atoms with Crippen LogP contribution in [0.2, 0.25) is 0 Å². The zero-order valence-corrected chi connectivity index (χ0v) is 9.27. The highest BCUT2D eigenvalue weighted by Gasteiger charge is 2.22. The van der Waals surface area contributed by atoms with Gasteiger partial charge in [-0.1, -0.05) is 19.8 Å². The van der Waals surface area contributed by atoms with Gasteiger partial charge in [0, 0.05) is 0 Å². The molecule has 0 spiro atoms. The molecule has 1 aromatic rings. The summed E-state index contributed by atoms with van der Waals surface area (Å²) in [5, 5.41) is 0. The molecule has 16 heavy (non-hydrogen) atoms. The summed E-state index contributed by atoms with van der Waals surface area (Å²) in [6, 6.07) is 2.28. The lowest BCUT2D eigenvalue weighted by atomic mass is 9.79. The Kier molecular flexibility index (Phi) is 3.22. The minimum Gasteiger partial charge on any atom is -0.204 e. The second-order valence-electron chi connectivity index (χ2n) is 4.76. The van der Waals surface area contributed by atoms with Crippen molar-refractivity contribution >= 4 is 0 Å². The molecule has 1 aromatic carbocycles. The molecule has 88 valence electrons. The standard InChI is InChI=1S/C13H15F3/c1-8-2-4-9(5-3-8)10-6-11(14)13(16)12(15)7-10/h6-9H,2-5H2,1H3/t8-,9+. The fraction of sp³-hybridized carbons (Fsp3) is 0.538. The Labute approximate surface area is 93.5 Å². The van der Waals surface area contributed by atoms with E-state index in [0.29, 0.717) is 11.5 Å². The van der Waals surface area contributed by atoms with Gasteiger partial charge in [0.15, 0.2) is 17.5 Å². The molecule has 0 unspecified atom stereocenters. The molecule has 0 radical (unpaired) electrons. The lowest BCUT2D eigenvalue weighted by Crippen LogP contribution is -2.11. The molecule has 0 saturated heterocycles. The third kappa shape index (κ3) is 2.23. The molecule has 0 N–H and O–H groups in total. The van der Waals surface area contributed by atoms with E-state index in [1.165, 1.54) is 0 Å². The number of benzene rings is 1. The minimum atomic E-state index is -1.37. The van der Waals surface area contributed by atoms with E-state index < -0.39 is 17.5 Å². The van der Waals surface area contributed by atoms with E-state index in [2.05, 4.69) is 6.92 Å². The molecule has 0 heterocycles. The molecule has 2 rings (SSSR count). The SMILES string of the molecule is C[C@H]1CC[C@@H](c2cc(F)c(F)c(F)c2)CC1. The molecule has 1 aliphatic rings. The van der Waals surface area contributed by atoms with Gasteiger partial charge in [-0.3, -0.25) is 0 Å².